The number of hydrogen-bond acceptors (Lipinski definition) is 5. The Morgan fingerprint density at radius 3 is 2.62 bits per heavy atom. The van der Waals surface area contributed by atoms with Crippen molar-refractivity contribution in [1.82, 2.24) is 4.90 Å². The molecular formula is C14H17N3O4. The van der Waals surface area contributed by atoms with Crippen molar-refractivity contribution in [2.24, 2.45) is 0 Å². The van der Waals surface area contributed by atoms with E-state index in [1.54, 1.807) is 24.1 Å². The first kappa shape index (κ1) is 13.8. The van der Waals surface area contributed by atoms with Crippen LogP contribution in [0, 0.1) is 10.1 Å². The van der Waals surface area contributed by atoms with Gasteiger partial charge in [-0.3, -0.25) is 14.9 Å². The van der Waals surface area contributed by atoms with E-state index in [9.17, 15) is 14.9 Å². The molecule has 1 aromatic carbocycles. The molecule has 2 unspecified atom stereocenters. The first-order chi connectivity index (χ1) is 10.1. The number of likely N-dealkylation sites (tertiary alicyclic amines) is 1. The summed E-state index contributed by atoms with van der Waals surface area (Å²) in [6.07, 6.45) is 2.15. The Morgan fingerprint density at radius 2 is 2.05 bits per heavy atom. The van der Waals surface area contributed by atoms with Crippen molar-refractivity contribution in [3.05, 3.63) is 33.9 Å². The van der Waals surface area contributed by atoms with Gasteiger partial charge >= 0.3 is 0 Å². The van der Waals surface area contributed by atoms with Crippen LogP contribution in [0.5, 0.6) is 0 Å². The van der Waals surface area contributed by atoms with Crippen molar-refractivity contribution < 1.29 is 14.5 Å². The van der Waals surface area contributed by atoms with E-state index in [0.29, 0.717) is 18.7 Å². The third kappa shape index (κ3) is 2.44. The van der Waals surface area contributed by atoms with Crippen LogP contribution in [0.2, 0.25) is 0 Å². The van der Waals surface area contributed by atoms with Crippen molar-refractivity contribution >= 4 is 17.3 Å². The van der Waals surface area contributed by atoms with E-state index in [-0.39, 0.29) is 29.5 Å². The number of nitro benzene ring substituents is 1. The molecule has 0 aliphatic carbocycles. The topological polar surface area (TPSA) is 84.7 Å². The molecule has 2 aliphatic heterocycles. The van der Waals surface area contributed by atoms with Crippen LogP contribution in [0.25, 0.3) is 0 Å². The Balaban J connectivity index is 1.91. The van der Waals surface area contributed by atoms with Crippen LogP contribution in [0.1, 0.15) is 23.2 Å². The molecule has 0 radical (unpaired) electrons. The van der Waals surface area contributed by atoms with Gasteiger partial charge in [-0.05, 0) is 18.9 Å². The van der Waals surface area contributed by atoms with Gasteiger partial charge in [0.15, 0.2) is 0 Å². The highest BCUT2D eigenvalue weighted by atomic mass is 16.6. The highest BCUT2D eigenvalue weighted by molar-refractivity contribution is 6.01. The van der Waals surface area contributed by atoms with E-state index in [1.807, 2.05) is 0 Å². The summed E-state index contributed by atoms with van der Waals surface area (Å²) >= 11 is 0. The molecule has 0 aromatic heterocycles. The summed E-state index contributed by atoms with van der Waals surface area (Å²) in [6.45, 7) is 1.11. The number of nitrogens with one attached hydrogen (secondary N) is 1. The third-order valence-corrected chi connectivity index (χ3v) is 4.05. The number of anilines is 1. The summed E-state index contributed by atoms with van der Waals surface area (Å²) in [5.41, 5.74) is 0.527. The van der Waals surface area contributed by atoms with Gasteiger partial charge in [0.05, 0.1) is 22.7 Å². The van der Waals surface area contributed by atoms with E-state index in [2.05, 4.69) is 5.32 Å². The largest absolute Gasteiger partial charge is 0.382 e. The second-order valence-electron chi connectivity index (χ2n) is 5.37. The molecule has 0 saturated carbocycles. The standard InChI is InChI=1S/C14H17N3O4/c1-15-13-11(3-2-4-12(13)17(19)20)14(18)16-7-9-5-6-10(8-16)21-9/h2-4,9-10,15H,5-8H2,1H3. The van der Waals surface area contributed by atoms with Gasteiger partial charge in [-0.25, -0.2) is 0 Å². The molecule has 7 nitrogen and oxygen atoms in total. The molecule has 3 rings (SSSR count). The quantitative estimate of drug-likeness (QED) is 0.676. The molecule has 2 heterocycles. The van der Waals surface area contributed by atoms with E-state index in [0.717, 1.165) is 12.8 Å². The Hall–Kier alpha value is -2.15. The lowest BCUT2D eigenvalue weighted by Gasteiger charge is -2.32. The Labute approximate surface area is 122 Å². The zero-order valence-corrected chi connectivity index (χ0v) is 11.7. The van der Waals surface area contributed by atoms with Crippen LogP contribution in [0.4, 0.5) is 11.4 Å². The number of nitrogens with zero attached hydrogens (tertiary/aromatic N) is 2. The summed E-state index contributed by atoms with van der Waals surface area (Å²) in [7, 11) is 1.59. The fourth-order valence-electron chi connectivity index (χ4n) is 3.08. The minimum absolute atomic E-state index is 0.0837. The molecule has 2 aliphatic rings. The van der Waals surface area contributed by atoms with Crippen LogP contribution in [-0.4, -0.2) is 48.1 Å². The fraction of sp³-hybridized carbons (Fsp3) is 0.500. The molecular weight excluding hydrogens is 274 g/mol. The maximum absolute atomic E-state index is 12.7. The summed E-state index contributed by atoms with van der Waals surface area (Å²) in [5.74, 6) is -0.178. The normalized spacial score (nSPS) is 24.0. The lowest BCUT2D eigenvalue weighted by atomic mass is 10.1. The molecule has 1 N–H and O–H groups in total. The summed E-state index contributed by atoms with van der Waals surface area (Å²) in [5, 5.41) is 13.8. The zero-order valence-electron chi connectivity index (χ0n) is 11.7. The van der Waals surface area contributed by atoms with Crippen LogP contribution in [0.3, 0.4) is 0 Å². The van der Waals surface area contributed by atoms with Crippen LogP contribution >= 0.6 is 0 Å². The smallest absolute Gasteiger partial charge is 0.293 e. The third-order valence-electron chi connectivity index (χ3n) is 4.05. The highest BCUT2D eigenvalue weighted by Crippen LogP contribution is 2.31. The Morgan fingerprint density at radius 1 is 1.38 bits per heavy atom. The van der Waals surface area contributed by atoms with Gasteiger partial charge in [0.25, 0.3) is 11.6 Å². The molecule has 112 valence electrons. The van der Waals surface area contributed by atoms with Gasteiger partial charge in [0, 0.05) is 26.2 Å². The van der Waals surface area contributed by atoms with Gasteiger partial charge in [0.1, 0.15) is 5.69 Å². The van der Waals surface area contributed by atoms with E-state index in [1.165, 1.54) is 6.07 Å². The fourth-order valence-corrected chi connectivity index (χ4v) is 3.08. The van der Waals surface area contributed by atoms with E-state index in [4.69, 9.17) is 4.74 Å². The minimum Gasteiger partial charge on any atom is -0.382 e. The molecule has 7 heteroatoms. The van der Waals surface area contributed by atoms with Gasteiger partial charge < -0.3 is 15.0 Å². The minimum atomic E-state index is -0.481. The maximum Gasteiger partial charge on any atom is 0.293 e. The number of carbonyl (C=O) groups excluding carboxylic acids is 1. The number of para-hydroxylation sites is 1. The number of amides is 1. The van der Waals surface area contributed by atoms with Crippen molar-refractivity contribution in [3.63, 3.8) is 0 Å². The molecule has 1 aromatic rings. The lowest BCUT2D eigenvalue weighted by Crippen LogP contribution is -2.46. The van der Waals surface area contributed by atoms with Crippen molar-refractivity contribution in [2.45, 2.75) is 25.0 Å². The highest BCUT2D eigenvalue weighted by Gasteiger charge is 2.37. The number of rotatable bonds is 3. The van der Waals surface area contributed by atoms with E-state index < -0.39 is 4.92 Å². The number of morpholine rings is 1. The predicted molar refractivity (Wildman–Crippen MR) is 76.4 cm³/mol. The second-order valence-corrected chi connectivity index (χ2v) is 5.37. The van der Waals surface area contributed by atoms with Gasteiger partial charge in [-0.15, -0.1) is 0 Å². The van der Waals surface area contributed by atoms with Crippen LogP contribution in [-0.2, 0) is 4.74 Å². The number of hydrogen-bond donors (Lipinski definition) is 1. The predicted octanol–water partition coefficient (Wildman–Crippen LogP) is 1.64. The van der Waals surface area contributed by atoms with Crippen molar-refractivity contribution in [3.8, 4) is 0 Å². The lowest BCUT2D eigenvalue weighted by molar-refractivity contribution is -0.384. The maximum atomic E-state index is 12.7. The Kier molecular flexibility index (Phi) is 3.50. The first-order valence-corrected chi connectivity index (χ1v) is 7.00. The zero-order chi connectivity index (χ0) is 15.0. The SMILES string of the molecule is CNc1c(C(=O)N2CC3CCC(C2)O3)cccc1[N+](=O)[O-]. The summed E-state index contributed by atoms with van der Waals surface area (Å²) < 4.78 is 5.71. The first-order valence-electron chi connectivity index (χ1n) is 7.00. The Bertz CT molecular complexity index is 578. The van der Waals surface area contributed by atoms with Crippen molar-refractivity contribution in [2.75, 3.05) is 25.5 Å². The molecule has 0 spiro atoms. The number of fused-ring (bicyclic) bond motifs is 2. The molecule has 2 saturated heterocycles. The number of carbonyl (C=O) groups is 1. The second kappa shape index (κ2) is 5.33. The van der Waals surface area contributed by atoms with E-state index >= 15 is 0 Å². The average Bonchev–Trinajstić information content (AvgIpc) is 2.83. The summed E-state index contributed by atoms with van der Waals surface area (Å²) in [6, 6.07) is 4.56. The van der Waals surface area contributed by atoms with Crippen LogP contribution < -0.4 is 5.32 Å². The number of nitro groups is 1. The van der Waals surface area contributed by atoms with Crippen molar-refractivity contribution in [1.29, 1.82) is 0 Å². The number of ether oxygens (including phenoxy) is 1. The van der Waals surface area contributed by atoms with Gasteiger partial charge in [-0.2, -0.15) is 0 Å². The number of benzene rings is 1. The van der Waals surface area contributed by atoms with Gasteiger partial charge in [-0.1, -0.05) is 6.07 Å². The molecule has 2 atom stereocenters. The van der Waals surface area contributed by atoms with Crippen LogP contribution in [0.15, 0.2) is 18.2 Å². The molecule has 21 heavy (non-hydrogen) atoms. The average molecular weight is 291 g/mol. The van der Waals surface area contributed by atoms with Gasteiger partial charge in [0.2, 0.25) is 0 Å². The molecule has 2 bridgehead atoms. The molecule has 2 fully saturated rings. The monoisotopic (exact) mass is 291 g/mol. The summed E-state index contributed by atoms with van der Waals surface area (Å²) in [4.78, 5) is 25.0. The molecule has 1 amide bonds.